The molecule has 0 bridgehead atoms. The molecule has 130 valence electrons. The smallest absolute Gasteiger partial charge is 0.128 e. The molecule has 1 aliphatic rings. The Balaban J connectivity index is 1.77. The predicted molar refractivity (Wildman–Crippen MR) is 101 cm³/mol. The predicted octanol–water partition coefficient (Wildman–Crippen LogP) is 5.97. The van der Waals surface area contributed by atoms with Gasteiger partial charge in [-0.25, -0.2) is 8.78 Å². The maximum absolute atomic E-state index is 14.4. The first-order chi connectivity index (χ1) is 12.6. The second kappa shape index (κ2) is 6.89. The molecule has 0 spiro atoms. The molecule has 0 aliphatic carbocycles. The molecule has 2 nitrogen and oxygen atoms in total. The van der Waals surface area contributed by atoms with Crippen LogP contribution in [0.25, 0.3) is 0 Å². The van der Waals surface area contributed by atoms with E-state index < -0.39 is 0 Å². The van der Waals surface area contributed by atoms with Crippen molar-refractivity contribution in [2.75, 3.05) is 5.01 Å². The summed E-state index contributed by atoms with van der Waals surface area (Å²) in [6.07, 6.45) is 0.523. The molecule has 0 amide bonds. The van der Waals surface area contributed by atoms with Gasteiger partial charge in [-0.05, 0) is 48.0 Å². The summed E-state index contributed by atoms with van der Waals surface area (Å²) in [5.41, 5.74) is 3.00. The van der Waals surface area contributed by atoms with Crippen molar-refractivity contribution in [3.8, 4) is 0 Å². The molecule has 0 fully saturated rings. The number of hydrogen-bond acceptors (Lipinski definition) is 2. The van der Waals surface area contributed by atoms with Crippen molar-refractivity contribution in [1.82, 2.24) is 0 Å². The van der Waals surface area contributed by atoms with Crippen LogP contribution in [0.1, 0.15) is 23.6 Å². The van der Waals surface area contributed by atoms with Crippen molar-refractivity contribution in [1.29, 1.82) is 0 Å². The molecule has 3 aromatic carbocycles. The van der Waals surface area contributed by atoms with Gasteiger partial charge in [-0.15, -0.1) is 0 Å². The number of halogens is 3. The minimum Gasteiger partial charge on any atom is -0.257 e. The van der Waals surface area contributed by atoms with Gasteiger partial charge in [-0.1, -0.05) is 41.9 Å². The van der Waals surface area contributed by atoms with Gasteiger partial charge in [0, 0.05) is 17.0 Å². The van der Waals surface area contributed by atoms with E-state index in [1.54, 1.807) is 41.4 Å². The summed E-state index contributed by atoms with van der Waals surface area (Å²) in [6, 6.07) is 19.9. The third-order valence-corrected chi connectivity index (χ3v) is 4.70. The minimum absolute atomic E-state index is 0.271. The van der Waals surface area contributed by atoms with E-state index in [4.69, 9.17) is 16.7 Å². The molecule has 5 heteroatoms. The third-order valence-electron chi connectivity index (χ3n) is 4.44. The molecule has 0 radical (unpaired) electrons. The van der Waals surface area contributed by atoms with Gasteiger partial charge in [0.2, 0.25) is 0 Å². The van der Waals surface area contributed by atoms with Crippen molar-refractivity contribution >= 4 is 23.0 Å². The van der Waals surface area contributed by atoms with Gasteiger partial charge < -0.3 is 0 Å². The number of nitrogens with zero attached hydrogens (tertiary/aromatic N) is 2. The van der Waals surface area contributed by atoms with E-state index in [2.05, 4.69) is 0 Å². The van der Waals surface area contributed by atoms with Crippen molar-refractivity contribution < 1.29 is 8.78 Å². The lowest BCUT2D eigenvalue weighted by molar-refractivity contribution is 0.579. The Labute approximate surface area is 155 Å². The molecule has 0 N–H and O–H groups in total. The third kappa shape index (κ3) is 3.20. The van der Waals surface area contributed by atoms with E-state index in [1.165, 1.54) is 18.2 Å². The van der Waals surface area contributed by atoms with Crippen LogP contribution in [0.4, 0.5) is 14.5 Å². The Morgan fingerprint density at radius 2 is 1.58 bits per heavy atom. The van der Waals surface area contributed by atoms with Gasteiger partial charge in [0.15, 0.2) is 0 Å². The van der Waals surface area contributed by atoms with Crippen molar-refractivity contribution in [2.45, 2.75) is 12.5 Å². The van der Waals surface area contributed by atoms with Crippen LogP contribution in [0.5, 0.6) is 0 Å². The Hall–Kier alpha value is -2.72. The zero-order valence-corrected chi connectivity index (χ0v) is 14.5. The molecule has 26 heavy (non-hydrogen) atoms. The molecule has 0 aromatic heterocycles. The summed E-state index contributed by atoms with van der Waals surface area (Å²) in [5.74, 6) is -0.570. The van der Waals surface area contributed by atoms with Gasteiger partial charge in [0.25, 0.3) is 0 Å². The molecule has 1 atom stereocenters. The molecule has 4 rings (SSSR count). The van der Waals surface area contributed by atoms with Gasteiger partial charge in [-0.2, -0.15) is 5.10 Å². The van der Waals surface area contributed by atoms with E-state index in [9.17, 15) is 8.78 Å². The van der Waals surface area contributed by atoms with Crippen molar-refractivity contribution in [3.05, 3.63) is 101 Å². The molecule has 1 aliphatic heterocycles. The second-order valence-corrected chi connectivity index (χ2v) is 6.55. The van der Waals surface area contributed by atoms with Gasteiger partial charge in [0.05, 0.1) is 17.4 Å². The normalized spacial score (nSPS) is 16.7. The highest BCUT2D eigenvalue weighted by molar-refractivity contribution is 6.30. The van der Waals surface area contributed by atoms with Gasteiger partial charge in [-0.3, -0.25) is 5.01 Å². The highest BCUT2D eigenvalue weighted by atomic mass is 35.5. The maximum atomic E-state index is 14.4. The molecular formula is C21H15ClF2N2. The highest BCUT2D eigenvalue weighted by Crippen LogP contribution is 2.37. The zero-order valence-electron chi connectivity index (χ0n) is 13.7. The molecular weight excluding hydrogens is 354 g/mol. The highest BCUT2D eigenvalue weighted by Gasteiger charge is 2.31. The Morgan fingerprint density at radius 1 is 0.885 bits per heavy atom. The number of hydrogen-bond donors (Lipinski definition) is 0. The van der Waals surface area contributed by atoms with Crippen molar-refractivity contribution in [3.63, 3.8) is 0 Å². The number of anilines is 1. The van der Waals surface area contributed by atoms with E-state index >= 15 is 0 Å². The lowest BCUT2D eigenvalue weighted by atomic mass is 9.98. The zero-order chi connectivity index (χ0) is 18.1. The fourth-order valence-electron chi connectivity index (χ4n) is 3.15. The fourth-order valence-corrected chi connectivity index (χ4v) is 3.27. The summed E-state index contributed by atoms with van der Waals surface area (Å²) >= 11 is 5.99. The van der Waals surface area contributed by atoms with Gasteiger partial charge in [0.1, 0.15) is 11.6 Å². The Kier molecular flexibility index (Phi) is 4.43. The largest absolute Gasteiger partial charge is 0.257 e. The van der Waals surface area contributed by atoms with Crippen LogP contribution >= 0.6 is 11.6 Å². The van der Waals surface area contributed by atoms with E-state index in [0.29, 0.717) is 17.0 Å². The SMILES string of the molecule is Fc1ccc(C2=NN(c3ccc(Cl)cc3)[C@H](c3ccccc3F)C2)cc1. The standard InChI is InChI=1S/C21H15ClF2N2/c22-15-7-11-17(12-8-15)26-21(18-3-1-2-4-19(18)24)13-20(25-26)14-5-9-16(23)10-6-14/h1-12,21H,13H2/t21-/m0/s1. The van der Waals surface area contributed by atoms with Crippen LogP contribution in [0, 0.1) is 11.6 Å². The summed E-state index contributed by atoms with van der Waals surface area (Å²) in [4.78, 5) is 0. The number of rotatable bonds is 3. The number of benzene rings is 3. The van der Waals surface area contributed by atoms with Crippen LogP contribution in [0.2, 0.25) is 5.02 Å². The van der Waals surface area contributed by atoms with Crippen LogP contribution in [0.15, 0.2) is 77.9 Å². The van der Waals surface area contributed by atoms with Crippen LogP contribution in [-0.4, -0.2) is 5.71 Å². The minimum atomic E-state index is -0.299. The number of hydrazone groups is 1. The van der Waals surface area contributed by atoms with Gasteiger partial charge >= 0.3 is 0 Å². The topological polar surface area (TPSA) is 15.6 Å². The van der Waals surface area contributed by atoms with Crippen molar-refractivity contribution in [2.24, 2.45) is 5.10 Å². The Morgan fingerprint density at radius 3 is 2.27 bits per heavy atom. The first-order valence-corrected chi connectivity index (χ1v) is 8.62. The molecule has 0 saturated carbocycles. The Bertz CT molecular complexity index is 953. The van der Waals surface area contributed by atoms with Crippen LogP contribution in [0.3, 0.4) is 0 Å². The summed E-state index contributed by atoms with van der Waals surface area (Å²) in [6.45, 7) is 0. The molecule has 3 aromatic rings. The lowest BCUT2D eigenvalue weighted by Gasteiger charge is -2.24. The molecule has 0 unspecified atom stereocenters. The summed E-state index contributed by atoms with van der Waals surface area (Å²) in [5, 5.41) is 7.13. The summed E-state index contributed by atoms with van der Waals surface area (Å²) in [7, 11) is 0. The maximum Gasteiger partial charge on any atom is 0.128 e. The monoisotopic (exact) mass is 368 g/mol. The quantitative estimate of drug-likeness (QED) is 0.555. The molecule has 0 saturated heterocycles. The summed E-state index contributed by atoms with van der Waals surface area (Å²) < 4.78 is 27.7. The average Bonchev–Trinajstić information content (AvgIpc) is 3.08. The van der Waals surface area contributed by atoms with Crippen LogP contribution < -0.4 is 5.01 Å². The second-order valence-electron chi connectivity index (χ2n) is 6.12. The lowest BCUT2D eigenvalue weighted by Crippen LogP contribution is -2.19. The first kappa shape index (κ1) is 16.7. The van der Waals surface area contributed by atoms with Crippen LogP contribution in [-0.2, 0) is 0 Å². The average molecular weight is 369 g/mol. The fraction of sp³-hybridized carbons (Fsp3) is 0.0952. The molecule has 1 heterocycles. The van der Waals surface area contributed by atoms with E-state index in [-0.39, 0.29) is 17.7 Å². The van der Waals surface area contributed by atoms with E-state index in [0.717, 1.165) is 17.0 Å². The first-order valence-electron chi connectivity index (χ1n) is 8.24. The van der Waals surface area contributed by atoms with E-state index in [1.807, 2.05) is 18.2 Å².